The molecule has 4 N–H and O–H groups in total. The van der Waals surface area contributed by atoms with Crippen molar-refractivity contribution < 1.29 is 37.3 Å². The van der Waals surface area contributed by atoms with Gasteiger partial charge in [0.1, 0.15) is 40.9 Å². The molecule has 2 amide bonds. The van der Waals surface area contributed by atoms with Crippen molar-refractivity contribution in [2.45, 2.75) is 82.7 Å². The van der Waals surface area contributed by atoms with Gasteiger partial charge in [0.05, 0.1) is 50.1 Å². The number of β-amino-alcohol motifs (C(OH)–C–C–N with tert-alkyl or cyclic N) is 1. The summed E-state index contributed by atoms with van der Waals surface area (Å²) in [4.78, 5) is 63.7. The topological polar surface area (TPSA) is 175 Å². The number of amides is 2. The van der Waals surface area contributed by atoms with Gasteiger partial charge in [-0.05, 0) is 77.6 Å². The summed E-state index contributed by atoms with van der Waals surface area (Å²) >= 11 is 1.58. The molecule has 6 heterocycles. The molecule has 0 spiro atoms. The van der Waals surface area contributed by atoms with Gasteiger partial charge in [0.2, 0.25) is 11.8 Å². The van der Waals surface area contributed by atoms with E-state index in [0.29, 0.717) is 58.0 Å². The normalized spacial score (nSPS) is 19.8. The van der Waals surface area contributed by atoms with Crippen LogP contribution in [0.3, 0.4) is 0 Å². The monoisotopic (exact) mass is 977 g/mol. The van der Waals surface area contributed by atoms with Crippen LogP contribution in [0.2, 0.25) is 5.82 Å². The van der Waals surface area contributed by atoms with E-state index >= 15 is 0 Å². The van der Waals surface area contributed by atoms with Gasteiger partial charge in [0.15, 0.2) is 7.28 Å². The first-order valence-electron chi connectivity index (χ1n) is 23.4. The van der Waals surface area contributed by atoms with E-state index in [2.05, 4.69) is 30.2 Å². The summed E-state index contributed by atoms with van der Waals surface area (Å²) < 4.78 is 52.8. The standard InChI is InChI=1S/C53H47BF3N7O6S/c1-26-45(71-25-60-26)29-7-5-27(6-8-29)23-59-50(67)39-20-32(65)24-64(39)51(68)46(52(2,3)4)54-31-12-9-28(10-13-31)34-22-36-41(17-18-58-47(36)63-49(34)66)69-33-14-16-40-35(21-33)42-43(44(42)70-40)48-61-37-15-11-30(53(55,56)57)19-38(37)62-48/h5-19,21-22,25,32,39,42-44,46,54,65H,20,23-24H2,1-4H3,(H,59,67)(H,61,62)(H,58,63,66)/t32-,39+,42+,43+,44+,46-/m1/s1. The third-order valence-electron chi connectivity index (χ3n) is 14.0. The highest BCUT2D eigenvalue weighted by Crippen LogP contribution is 2.63. The first-order chi connectivity index (χ1) is 34.0. The number of imidazole rings is 1. The number of rotatable bonds is 11. The summed E-state index contributed by atoms with van der Waals surface area (Å²) in [5.41, 5.74) is 7.01. The minimum absolute atomic E-state index is 0.0579. The Kier molecular flexibility index (Phi) is 11.4. The van der Waals surface area contributed by atoms with Crippen molar-refractivity contribution >= 4 is 58.0 Å². The molecular formula is C53H47BF3N7O6S. The minimum Gasteiger partial charge on any atom is -0.489 e. The smallest absolute Gasteiger partial charge is 0.416 e. The van der Waals surface area contributed by atoms with Crippen molar-refractivity contribution in [1.82, 2.24) is 35.1 Å². The molecule has 4 aromatic heterocycles. The quantitative estimate of drug-likeness (QED) is 0.0927. The second kappa shape index (κ2) is 17.5. The Morgan fingerprint density at radius 2 is 1.73 bits per heavy atom. The molecule has 3 aliphatic rings. The molecule has 11 rings (SSSR count). The van der Waals surface area contributed by atoms with E-state index in [9.17, 15) is 32.7 Å². The molecule has 1 saturated heterocycles. The average Bonchev–Trinajstić information content (AvgIpc) is 3.81. The highest BCUT2D eigenvalue weighted by atomic mass is 32.1. The molecule has 6 atom stereocenters. The Bertz CT molecular complexity index is 3440. The lowest BCUT2D eigenvalue weighted by atomic mass is 9.50. The molecule has 8 aromatic rings. The largest absolute Gasteiger partial charge is 0.489 e. The Morgan fingerprint density at radius 3 is 2.46 bits per heavy atom. The number of nitrogens with one attached hydrogen (secondary N) is 3. The van der Waals surface area contributed by atoms with Gasteiger partial charge < -0.3 is 34.8 Å². The maximum absolute atomic E-state index is 14.5. The number of fused-ring (bicyclic) bond motifs is 5. The Balaban J connectivity index is 0.775. The van der Waals surface area contributed by atoms with Crippen LogP contribution >= 0.6 is 11.3 Å². The molecule has 1 saturated carbocycles. The van der Waals surface area contributed by atoms with Gasteiger partial charge >= 0.3 is 6.18 Å². The third-order valence-corrected chi connectivity index (χ3v) is 15.0. The van der Waals surface area contributed by atoms with Crippen LogP contribution in [0.4, 0.5) is 13.2 Å². The van der Waals surface area contributed by atoms with Crippen molar-refractivity contribution in [1.29, 1.82) is 0 Å². The summed E-state index contributed by atoms with van der Waals surface area (Å²) in [7, 11) is 0.361. The van der Waals surface area contributed by atoms with Crippen molar-refractivity contribution in [2.75, 3.05) is 6.54 Å². The van der Waals surface area contributed by atoms with Crippen LogP contribution in [0.1, 0.15) is 67.2 Å². The number of aliphatic hydroxyl groups is 1. The number of aryl methyl sites for hydroxylation is 1. The Hall–Kier alpha value is -7.31. The van der Waals surface area contributed by atoms with E-state index in [1.54, 1.807) is 35.7 Å². The molecule has 0 radical (unpaired) electrons. The van der Waals surface area contributed by atoms with E-state index in [1.165, 1.54) is 11.0 Å². The van der Waals surface area contributed by atoms with E-state index < -0.39 is 35.1 Å². The number of aromatic amines is 2. The number of ether oxygens (including phenoxy) is 2. The maximum Gasteiger partial charge on any atom is 0.416 e. The van der Waals surface area contributed by atoms with Crippen LogP contribution in [-0.2, 0) is 22.3 Å². The van der Waals surface area contributed by atoms with Gasteiger partial charge in [-0.2, -0.15) is 13.2 Å². The second-order valence-electron chi connectivity index (χ2n) is 19.8. The number of nitrogens with zero attached hydrogens (tertiary/aromatic N) is 4. The SMILES string of the molecule is Cc1ncsc1-c1ccc(CNC(=O)[C@@H]2C[C@@H](O)CN2C(=O)[C@@H](Bc2ccc(-c3cc4c(Oc5ccc6c(c5)[C@@H]5[C@H](O6)[C@H]5c5nc6cc(C(F)(F)F)ccc6[nH]5)ccnc4[nH]c3=O)cc2)C(C)(C)C)cc1. The number of pyridine rings is 2. The lowest BCUT2D eigenvalue weighted by molar-refractivity contribution is -0.139. The van der Waals surface area contributed by atoms with Crippen molar-refractivity contribution in [3.8, 4) is 38.8 Å². The van der Waals surface area contributed by atoms with Crippen LogP contribution in [0.15, 0.2) is 114 Å². The van der Waals surface area contributed by atoms with Crippen LogP contribution in [0.5, 0.6) is 17.2 Å². The Morgan fingerprint density at radius 1 is 0.958 bits per heavy atom. The number of benzene rings is 4. The maximum atomic E-state index is 14.5. The van der Waals surface area contributed by atoms with Crippen LogP contribution < -0.4 is 25.8 Å². The summed E-state index contributed by atoms with van der Waals surface area (Å²) in [5.74, 6) is 0.946. The van der Waals surface area contributed by atoms with Crippen molar-refractivity contribution in [2.24, 2.45) is 5.41 Å². The molecule has 4 aromatic carbocycles. The number of halogens is 3. The van der Waals surface area contributed by atoms with Crippen LogP contribution in [-0.4, -0.2) is 78.8 Å². The molecule has 360 valence electrons. The zero-order chi connectivity index (χ0) is 49.5. The Labute approximate surface area is 409 Å². The molecule has 71 heavy (non-hydrogen) atoms. The number of hydrogen-bond donors (Lipinski definition) is 4. The predicted octanol–water partition coefficient (Wildman–Crippen LogP) is 8.53. The van der Waals surface area contributed by atoms with Crippen molar-refractivity contribution in [3.63, 3.8) is 0 Å². The fourth-order valence-corrected chi connectivity index (χ4v) is 10.9. The number of likely N-dealkylation sites (tertiary alicyclic amines) is 1. The summed E-state index contributed by atoms with van der Waals surface area (Å²) in [6.45, 7) is 8.28. The second-order valence-corrected chi connectivity index (χ2v) is 20.6. The molecule has 1 aliphatic carbocycles. The van der Waals surface area contributed by atoms with Crippen LogP contribution in [0.25, 0.3) is 43.6 Å². The number of carbonyl (C=O) groups excluding carboxylic acids is 2. The number of aliphatic hydroxyl groups excluding tert-OH is 1. The zero-order valence-corrected chi connectivity index (χ0v) is 39.8. The zero-order valence-electron chi connectivity index (χ0n) is 39.0. The van der Waals surface area contributed by atoms with E-state index in [4.69, 9.17) is 9.47 Å². The number of aromatic nitrogens is 5. The van der Waals surface area contributed by atoms with Gasteiger partial charge in [-0.3, -0.25) is 14.4 Å². The lowest BCUT2D eigenvalue weighted by Crippen LogP contribution is -2.50. The minimum atomic E-state index is -4.47. The molecule has 18 heteroatoms. The van der Waals surface area contributed by atoms with Gasteiger partial charge in [0.25, 0.3) is 5.56 Å². The third kappa shape index (κ3) is 8.83. The molecule has 2 aliphatic heterocycles. The lowest BCUT2D eigenvalue weighted by Gasteiger charge is -2.35. The number of hydrogen-bond acceptors (Lipinski definition) is 10. The van der Waals surface area contributed by atoms with Gasteiger partial charge in [0, 0.05) is 48.6 Å². The summed E-state index contributed by atoms with van der Waals surface area (Å²) in [6.07, 6.45) is -3.83. The van der Waals surface area contributed by atoms with Gasteiger partial charge in [-0.15, -0.1) is 11.3 Å². The van der Waals surface area contributed by atoms with Crippen LogP contribution in [0, 0.1) is 12.3 Å². The van der Waals surface area contributed by atoms with Gasteiger partial charge in [-0.1, -0.05) is 74.8 Å². The predicted molar refractivity (Wildman–Crippen MR) is 266 cm³/mol. The summed E-state index contributed by atoms with van der Waals surface area (Å²) in [6, 6.07) is 27.0. The highest BCUT2D eigenvalue weighted by molar-refractivity contribution is 7.13. The number of carbonyl (C=O) groups is 2. The molecular weight excluding hydrogens is 930 g/mol. The molecule has 0 bridgehead atoms. The number of alkyl halides is 3. The van der Waals surface area contributed by atoms with Crippen molar-refractivity contribution in [3.05, 3.63) is 147 Å². The first kappa shape index (κ1) is 46.1. The molecule has 13 nitrogen and oxygen atoms in total. The van der Waals surface area contributed by atoms with E-state index in [-0.39, 0.29) is 60.3 Å². The fourth-order valence-electron chi connectivity index (χ4n) is 10.1. The molecule has 0 unspecified atom stereocenters. The highest BCUT2D eigenvalue weighted by Gasteiger charge is 2.61. The van der Waals surface area contributed by atoms with E-state index in [0.717, 1.165) is 44.9 Å². The van der Waals surface area contributed by atoms with E-state index in [1.807, 2.05) is 93.9 Å². The summed E-state index contributed by atoms with van der Waals surface area (Å²) in [5, 5.41) is 14.3. The van der Waals surface area contributed by atoms with Gasteiger partial charge in [-0.25, -0.2) is 15.0 Å². The first-order valence-corrected chi connectivity index (χ1v) is 24.3. The molecule has 2 fully saturated rings. The fraction of sp³-hybridized carbons (Fsp3) is 0.283. The number of H-pyrrole nitrogens is 2. The average molecular weight is 978 g/mol. The number of thiazole rings is 1.